The van der Waals surface area contributed by atoms with Crippen molar-refractivity contribution in [1.82, 2.24) is 0 Å². The second kappa shape index (κ2) is 3.02. The lowest BCUT2D eigenvalue weighted by Gasteiger charge is -1.89. The molecule has 2 nitrogen and oxygen atoms in total. The Balaban J connectivity index is 4.13. The minimum absolute atomic E-state index is 0.178. The van der Waals surface area contributed by atoms with Crippen LogP contribution in [0.15, 0.2) is 24.0 Å². The van der Waals surface area contributed by atoms with E-state index in [1.807, 2.05) is 0 Å². The lowest BCUT2D eigenvalue weighted by atomic mass is 10.2. The Morgan fingerprint density at radius 2 is 2.25 bits per heavy atom. The Kier molecular flexibility index (Phi) is 2.62. The minimum atomic E-state index is -0.178. The highest BCUT2D eigenvalue weighted by atomic mass is 16.3. The van der Waals surface area contributed by atoms with Crippen LogP contribution in [-0.2, 0) is 4.79 Å². The Hall–Kier alpha value is -1.05. The molecule has 0 aliphatic rings. The van der Waals surface area contributed by atoms with E-state index in [4.69, 9.17) is 5.11 Å². The van der Waals surface area contributed by atoms with E-state index in [1.54, 1.807) is 6.92 Å². The normalized spacial score (nSPS) is 10.9. The molecule has 1 N–H and O–H groups in total. The zero-order chi connectivity index (χ0) is 6.57. The van der Waals surface area contributed by atoms with Gasteiger partial charge in [0.1, 0.15) is 5.76 Å². The van der Waals surface area contributed by atoms with Crippen molar-refractivity contribution < 1.29 is 9.90 Å². The number of aliphatic hydroxyl groups is 1. The third kappa shape index (κ3) is 1.60. The van der Waals surface area contributed by atoms with Crippen LogP contribution in [0, 0.1) is 0 Å². The maximum atomic E-state index is 9.89. The van der Waals surface area contributed by atoms with Crippen LogP contribution < -0.4 is 0 Å². The fourth-order valence-corrected chi connectivity index (χ4v) is 0.303. The molecule has 0 radical (unpaired) electrons. The summed E-state index contributed by atoms with van der Waals surface area (Å²) >= 11 is 0. The molecule has 0 aromatic heterocycles. The summed E-state index contributed by atoms with van der Waals surface area (Å²) in [7, 11) is 0. The van der Waals surface area contributed by atoms with E-state index < -0.39 is 0 Å². The smallest absolute Gasteiger partial charge is 0.153 e. The van der Waals surface area contributed by atoms with Crippen LogP contribution in [0.2, 0.25) is 0 Å². The van der Waals surface area contributed by atoms with Crippen LogP contribution in [-0.4, -0.2) is 11.4 Å². The topological polar surface area (TPSA) is 37.3 Å². The monoisotopic (exact) mass is 112 g/mol. The SMILES string of the molecule is C=C(O)/C(C=O)=C\C. The molecule has 0 fully saturated rings. The number of aliphatic hydroxyl groups excluding tert-OH is 1. The molecule has 0 amide bonds. The van der Waals surface area contributed by atoms with Crippen molar-refractivity contribution in [1.29, 1.82) is 0 Å². The molecular formula is C6H8O2. The number of carbonyl (C=O) groups excluding carboxylic acids is 1. The summed E-state index contributed by atoms with van der Waals surface area (Å²) in [5.74, 6) is -0.178. The molecular weight excluding hydrogens is 104 g/mol. The first kappa shape index (κ1) is 6.95. The molecule has 0 aliphatic heterocycles. The maximum absolute atomic E-state index is 9.89. The second-order valence-electron chi connectivity index (χ2n) is 1.31. The third-order valence-corrected chi connectivity index (χ3v) is 0.771. The highest BCUT2D eigenvalue weighted by Crippen LogP contribution is 1.97. The van der Waals surface area contributed by atoms with E-state index >= 15 is 0 Å². The highest BCUT2D eigenvalue weighted by Gasteiger charge is 1.92. The van der Waals surface area contributed by atoms with Gasteiger partial charge >= 0.3 is 0 Å². The maximum Gasteiger partial charge on any atom is 0.153 e. The van der Waals surface area contributed by atoms with Crippen molar-refractivity contribution in [2.45, 2.75) is 6.92 Å². The summed E-state index contributed by atoms with van der Waals surface area (Å²) in [6, 6.07) is 0. The highest BCUT2D eigenvalue weighted by molar-refractivity contribution is 5.78. The Morgan fingerprint density at radius 1 is 1.75 bits per heavy atom. The van der Waals surface area contributed by atoms with Gasteiger partial charge in [-0.15, -0.1) is 0 Å². The van der Waals surface area contributed by atoms with Crippen LogP contribution in [0.1, 0.15) is 6.92 Å². The van der Waals surface area contributed by atoms with E-state index in [0.717, 1.165) is 0 Å². The fourth-order valence-electron chi connectivity index (χ4n) is 0.303. The number of carbonyl (C=O) groups is 1. The lowest BCUT2D eigenvalue weighted by molar-refractivity contribution is -0.104. The number of aldehydes is 1. The van der Waals surface area contributed by atoms with Gasteiger partial charge in [-0.2, -0.15) is 0 Å². The molecule has 44 valence electrons. The fraction of sp³-hybridized carbons (Fsp3) is 0.167. The van der Waals surface area contributed by atoms with E-state index in [9.17, 15) is 4.79 Å². The summed E-state index contributed by atoms with van der Waals surface area (Å²) in [5, 5.41) is 8.52. The molecule has 0 saturated heterocycles. The largest absolute Gasteiger partial charge is 0.508 e. The first-order valence-electron chi connectivity index (χ1n) is 2.22. The minimum Gasteiger partial charge on any atom is -0.508 e. The number of hydrogen-bond acceptors (Lipinski definition) is 2. The molecule has 0 aromatic rings. The van der Waals surface area contributed by atoms with Gasteiger partial charge in [-0.05, 0) is 6.92 Å². The Labute approximate surface area is 48.1 Å². The van der Waals surface area contributed by atoms with Gasteiger partial charge < -0.3 is 5.11 Å². The van der Waals surface area contributed by atoms with Gasteiger partial charge in [-0.3, -0.25) is 4.79 Å². The summed E-state index contributed by atoms with van der Waals surface area (Å²) in [6.07, 6.45) is 2.05. The van der Waals surface area contributed by atoms with Gasteiger partial charge in [-0.1, -0.05) is 12.7 Å². The van der Waals surface area contributed by atoms with Crippen LogP contribution in [0.5, 0.6) is 0 Å². The second-order valence-corrected chi connectivity index (χ2v) is 1.31. The van der Waals surface area contributed by atoms with Crippen molar-refractivity contribution in [3.05, 3.63) is 24.0 Å². The Bertz CT molecular complexity index is 133. The van der Waals surface area contributed by atoms with E-state index in [-0.39, 0.29) is 11.3 Å². The molecule has 0 aliphatic carbocycles. The van der Waals surface area contributed by atoms with Crippen molar-refractivity contribution in [3.63, 3.8) is 0 Å². The predicted octanol–water partition coefficient (Wildman–Crippen LogP) is 1.20. The average Bonchev–Trinajstić information content (AvgIpc) is 1.69. The predicted molar refractivity (Wildman–Crippen MR) is 31.6 cm³/mol. The van der Waals surface area contributed by atoms with Crippen LogP contribution in [0.25, 0.3) is 0 Å². The number of hydrogen-bond donors (Lipinski definition) is 1. The molecule has 0 rings (SSSR count). The van der Waals surface area contributed by atoms with Crippen LogP contribution >= 0.6 is 0 Å². The van der Waals surface area contributed by atoms with Gasteiger partial charge in [-0.25, -0.2) is 0 Å². The molecule has 0 saturated carbocycles. The quantitative estimate of drug-likeness (QED) is 0.252. The van der Waals surface area contributed by atoms with E-state index in [2.05, 4.69) is 6.58 Å². The van der Waals surface area contributed by atoms with Gasteiger partial charge in [0.25, 0.3) is 0 Å². The Morgan fingerprint density at radius 3 is 2.25 bits per heavy atom. The van der Waals surface area contributed by atoms with Gasteiger partial charge in [0.15, 0.2) is 6.29 Å². The molecule has 0 bridgehead atoms. The molecule has 2 heteroatoms. The van der Waals surface area contributed by atoms with Crippen molar-refractivity contribution in [2.75, 3.05) is 0 Å². The van der Waals surface area contributed by atoms with Crippen LogP contribution in [0.4, 0.5) is 0 Å². The summed E-state index contributed by atoms with van der Waals surface area (Å²) in [5.41, 5.74) is 0.241. The van der Waals surface area contributed by atoms with Gasteiger partial charge in [0.05, 0.1) is 5.57 Å². The molecule has 0 aromatic carbocycles. The molecule has 0 spiro atoms. The number of allylic oxidation sites excluding steroid dienone is 2. The summed E-state index contributed by atoms with van der Waals surface area (Å²) < 4.78 is 0. The standard InChI is InChI=1S/C6H8O2/c1-3-6(4-7)5(2)8/h3-4,8H,2H2,1H3/b6-3-. The third-order valence-electron chi connectivity index (χ3n) is 0.771. The molecule has 8 heavy (non-hydrogen) atoms. The zero-order valence-electron chi connectivity index (χ0n) is 4.72. The van der Waals surface area contributed by atoms with Crippen LogP contribution in [0.3, 0.4) is 0 Å². The summed E-state index contributed by atoms with van der Waals surface area (Å²) in [4.78, 5) is 9.89. The lowest BCUT2D eigenvalue weighted by Crippen LogP contribution is -1.85. The van der Waals surface area contributed by atoms with Crippen molar-refractivity contribution >= 4 is 6.29 Å². The molecule has 0 unspecified atom stereocenters. The van der Waals surface area contributed by atoms with Gasteiger partial charge in [0, 0.05) is 0 Å². The average molecular weight is 112 g/mol. The van der Waals surface area contributed by atoms with Crippen molar-refractivity contribution in [2.24, 2.45) is 0 Å². The molecule has 0 heterocycles. The zero-order valence-corrected chi connectivity index (χ0v) is 4.72. The van der Waals surface area contributed by atoms with Crippen molar-refractivity contribution in [3.8, 4) is 0 Å². The summed E-state index contributed by atoms with van der Waals surface area (Å²) in [6.45, 7) is 4.81. The van der Waals surface area contributed by atoms with E-state index in [1.165, 1.54) is 6.08 Å². The van der Waals surface area contributed by atoms with E-state index in [0.29, 0.717) is 6.29 Å². The van der Waals surface area contributed by atoms with Gasteiger partial charge in [0.2, 0.25) is 0 Å². The first-order chi connectivity index (χ1) is 3.72. The number of rotatable bonds is 2. The molecule has 0 atom stereocenters. The first-order valence-corrected chi connectivity index (χ1v) is 2.22.